The standard InChI is InChI=1S/C31H51N3O9/c1-28(2,3)40-24(35)21(33-26(37)42-30(7,8)9)15-14-19-17-32-18-23(39-13)20(19)16-22(25(36)41-29(4,5)6)34-27(38)43-31(10,11)12/h17-18,21-22H,14-16H2,1-13H3,(H,33,37)(H,34,38). The van der Waals surface area contributed by atoms with Gasteiger partial charge in [-0.2, -0.15) is 0 Å². The first-order valence-electron chi connectivity index (χ1n) is 14.3. The van der Waals surface area contributed by atoms with Gasteiger partial charge in [-0.3, -0.25) is 4.98 Å². The number of amides is 2. The zero-order valence-corrected chi connectivity index (χ0v) is 28.1. The molecule has 0 aliphatic heterocycles. The number of carbonyl (C=O) groups is 4. The number of nitrogens with zero attached hydrogens (tertiary/aromatic N) is 1. The predicted octanol–water partition coefficient (Wildman–Crippen LogP) is 5.04. The van der Waals surface area contributed by atoms with E-state index in [-0.39, 0.29) is 19.3 Å². The molecular weight excluding hydrogens is 558 g/mol. The van der Waals surface area contributed by atoms with Gasteiger partial charge in [-0.25, -0.2) is 19.2 Å². The monoisotopic (exact) mass is 609 g/mol. The summed E-state index contributed by atoms with van der Waals surface area (Å²) in [5, 5.41) is 5.23. The van der Waals surface area contributed by atoms with Gasteiger partial charge in [0.05, 0.1) is 13.3 Å². The van der Waals surface area contributed by atoms with Crippen LogP contribution in [0.15, 0.2) is 12.4 Å². The fourth-order valence-corrected chi connectivity index (χ4v) is 3.72. The van der Waals surface area contributed by atoms with E-state index >= 15 is 0 Å². The highest BCUT2D eigenvalue weighted by molar-refractivity contribution is 5.83. The van der Waals surface area contributed by atoms with Crippen LogP contribution < -0.4 is 15.4 Å². The van der Waals surface area contributed by atoms with Gasteiger partial charge < -0.3 is 34.3 Å². The minimum Gasteiger partial charge on any atom is -0.495 e. The first-order chi connectivity index (χ1) is 19.4. The van der Waals surface area contributed by atoms with Crippen LogP contribution in [0.5, 0.6) is 5.75 Å². The highest BCUT2D eigenvalue weighted by Crippen LogP contribution is 2.26. The van der Waals surface area contributed by atoms with Crippen LogP contribution in [-0.4, -0.2) is 70.7 Å². The molecule has 0 aromatic carbocycles. The molecule has 0 bridgehead atoms. The first kappa shape index (κ1) is 37.5. The van der Waals surface area contributed by atoms with Crippen LogP contribution >= 0.6 is 0 Å². The molecule has 1 heterocycles. The van der Waals surface area contributed by atoms with Crippen LogP contribution in [0.25, 0.3) is 0 Å². The Morgan fingerprint density at radius 3 is 1.51 bits per heavy atom. The summed E-state index contributed by atoms with van der Waals surface area (Å²) >= 11 is 0. The Balaban J connectivity index is 3.39. The number of nitrogens with one attached hydrogen (secondary N) is 2. The van der Waals surface area contributed by atoms with Gasteiger partial charge in [-0.1, -0.05) is 0 Å². The number of rotatable bonds is 10. The number of aromatic nitrogens is 1. The van der Waals surface area contributed by atoms with Crippen molar-refractivity contribution in [3.63, 3.8) is 0 Å². The van der Waals surface area contributed by atoms with Crippen LogP contribution in [0.2, 0.25) is 0 Å². The van der Waals surface area contributed by atoms with E-state index in [1.807, 2.05) is 0 Å². The molecule has 0 fully saturated rings. The lowest BCUT2D eigenvalue weighted by atomic mass is 9.96. The van der Waals surface area contributed by atoms with Crippen LogP contribution in [0.3, 0.4) is 0 Å². The molecule has 0 aliphatic carbocycles. The summed E-state index contributed by atoms with van der Waals surface area (Å²) in [6.45, 7) is 20.7. The summed E-state index contributed by atoms with van der Waals surface area (Å²) in [5.74, 6) is -0.929. The van der Waals surface area contributed by atoms with Crippen LogP contribution in [0, 0.1) is 0 Å². The smallest absolute Gasteiger partial charge is 0.408 e. The minimum absolute atomic E-state index is 0.0220. The molecule has 2 unspecified atom stereocenters. The second kappa shape index (κ2) is 14.7. The number of hydrogen-bond acceptors (Lipinski definition) is 10. The Morgan fingerprint density at radius 2 is 1.09 bits per heavy atom. The van der Waals surface area contributed by atoms with Gasteiger partial charge in [-0.15, -0.1) is 0 Å². The van der Waals surface area contributed by atoms with Crippen molar-refractivity contribution >= 4 is 24.1 Å². The molecule has 0 saturated heterocycles. The van der Waals surface area contributed by atoms with Gasteiger partial charge in [0.25, 0.3) is 0 Å². The lowest BCUT2D eigenvalue weighted by Gasteiger charge is -2.27. The molecule has 2 atom stereocenters. The van der Waals surface area contributed by atoms with E-state index in [4.69, 9.17) is 23.7 Å². The van der Waals surface area contributed by atoms with Crippen molar-refractivity contribution in [3.8, 4) is 5.75 Å². The number of ether oxygens (including phenoxy) is 5. The lowest BCUT2D eigenvalue weighted by molar-refractivity contribution is -0.158. The van der Waals surface area contributed by atoms with Crippen molar-refractivity contribution in [3.05, 3.63) is 23.5 Å². The number of aryl methyl sites for hydroxylation is 1. The van der Waals surface area contributed by atoms with Crippen molar-refractivity contribution in [2.45, 2.75) is 137 Å². The molecule has 0 spiro atoms. The van der Waals surface area contributed by atoms with Crippen molar-refractivity contribution in [1.29, 1.82) is 0 Å². The summed E-state index contributed by atoms with van der Waals surface area (Å²) in [4.78, 5) is 55.8. The third-order valence-corrected chi connectivity index (χ3v) is 5.20. The highest BCUT2D eigenvalue weighted by Gasteiger charge is 2.32. The summed E-state index contributed by atoms with van der Waals surface area (Å²) in [6.07, 6.45) is 1.84. The molecule has 1 aromatic heterocycles. The maximum absolute atomic E-state index is 13.2. The Kier molecular flexibility index (Phi) is 12.8. The zero-order valence-electron chi connectivity index (χ0n) is 28.1. The largest absolute Gasteiger partial charge is 0.495 e. The molecule has 12 nitrogen and oxygen atoms in total. The Morgan fingerprint density at radius 1 is 0.674 bits per heavy atom. The second-order valence-electron chi connectivity index (χ2n) is 14.2. The van der Waals surface area contributed by atoms with Gasteiger partial charge in [0.1, 0.15) is 40.2 Å². The average molecular weight is 610 g/mol. The van der Waals surface area contributed by atoms with E-state index in [0.29, 0.717) is 16.9 Å². The van der Waals surface area contributed by atoms with Crippen molar-refractivity contribution in [2.75, 3.05) is 7.11 Å². The number of hydrogen-bond donors (Lipinski definition) is 2. The first-order valence-corrected chi connectivity index (χ1v) is 14.3. The van der Waals surface area contributed by atoms with Gasteiger partial charge >= 0.3 is 24.1 Å². The summed E-state index contributed by atoms with van der Waals surface area (Å²) in [6, 6.07) is -2.18. The van der Waals surface area contributed by atoms with E-state index in [1.54, 1.807) is 89.3 Å². The Labute approximate surface area is 255 Å². The number of pyridine rings is 1. The van der Waals surface area contributed by atoms with E-state index in [0.717, 1.165) is 0 Å². The van der Waals surface area contributed by atoms with Gasteiger partial charge in [0, 0.05) is 18.2 Å². The van der Waals surface area contributed by atoms with E-state index in [2.05, 4.69) is 15.6 Å². The highest BCUT2D eigenvalue weighted by atomic mass is 16.6. The third-order valence-electron chi connectivity index (χ3n) is 5.20. The fraction of sp³-hybridized carbons (Fsp3) is 0.710. The van der Waals surface area contributed by atoms with Crippen LogP contribution in [0.4, 0.5) is 9.59 Å². The Bertz CT molecular complexity index is 1120. The molecule has 2 amide bonds. The summed E-state index contributed by atoms with van der Waals surface area (Å²) in [5.41, 5.74) is -1.99. The molecule has 0 saturated carbocycles. The molecule has 1 aromatic rings. The van der Waals surface area contributed by atoms with Crippen LogP contribution in [0.1, 0.15) is 101 Å². The van der Waals surface area contributed by atoms with Crippen molar-refractivity contribution < 1.29 is 42.9 Å². The van der Waals surface area contributed by atoms with Crippen molar-refractivity contribution in [1.82, 2.24) is 15.6 Å². The molecule has 244 valence electrons. The second-order valence-corrected chi connectivity index (χ2v) is 14.2. The van der Waals surface area contributed by atoms with Crippen LogP contribution in [-0.2, 0) is 41.4 Å². The fourth-order valence-electron chi connectivity index (χ4n) is 3.72. The topological polar surface area (TPSA) is 151 Å². The molecular formula is C31H51N3O9. The van der Waals surface area contributed by atoms with E-state index in [1.165, 1.54) is 13.3 Å². The molecule has 12 heteroatoms. The van der Waals surface area contributed by atoms with Gasteiger partial charge in [-0.05, 0) is 101 Å². The maximum Gasteiger partial charge on any atom is 0.408 e. The molecule has 0 radical (unpaired) electrons. The number of alkyl carbamates (subject to hydrolysis) is 2. The average Bonchev–Trinajstić information content (AvgIpc) is 2.77. The number of esters is 2. The molecule has 43 heavy (non-hydrogen) atoms. The van der Waals surface area contributed by atoms with E-state index < -0.39 is 58.6 Å². The number of methoxy groups -OCH3 is 1. The summed E-state index contributed by atoms with van der Waals surface area (Å²) in [7, 11) is 1.46. The minimum atomic E-state index is -1.13. The SMILES string of the molecule is COc1cncc(CCC(NC(=O)OC(C)(C)C)C(=O)OC(C)(C)C)c1CC(NC(=O)OC(C)(C)C)C(=O)OC(C)(C)C. The van der Waals surface area contributed by atoms with Gasteiger partial charge in [0.2, 0.25) is 0 Å². The zero-order chi connectivity index (χ0) is 33.4. The summed E-state index contributed by atoms with van der Waals surface area (Å²) < 4.78 is 27.4. The predicted molar refractivity (Wildman–Crippen MR) is 161 cm³/mol. The van der Waals surface area contributed by atoms with Crippen molar-refractivity contribution in [2.24, 2.45) is 0 Å². The van der Waals surface area contributed by atoms with Gasteiger partial charge in [0.15, 0.2) is 0 Å². The molecule has 0 aliphatic rings. The maximum atomic E-state index is 13.2. The molecule has 2 N–H and O–H groups in total. The lowest BCUT2D eigenvalue weighted by Crippen LogP contribution is -2.47. The molecule has 1 rings (SSSR count). The normalized spacial score (nSPS) is 13.7. The number of carbonyl (C=O) groups excluding carboxylic acids is 4. The van der Waals surface area contributed by atoms with E-state index in [9.17, 15) is 19.2 Å². The quantitative estimate of drug-likeness (QED) is 0.273. The Hall–Kier alpha value is -3.57. The third kappa shape index (κ3) is 15.5.